The molecule has 1 aromatic heterocycles. The van der Waals surface area contributed by atoms with Crippen LogP contribution in [0.15, 0.2) is 18.2 Å². The summed E-state index contributed by atoms with van der Waals surface area (Å²) >= 11 is 0. The number of nitrogens with zero attached hydrogens (tertiary/aromatic N) is 5. The van der Waals surface area contributed by atoms with Crippen molar-refractivity contribution in [3.05, 3.63) is 34.9 Å². The first-order chi connectivity index (χ1) is 17.9. The third-order valence-corrected chi connectivity index (χ3v) is 7.06. The summed E-state index contributed by atoms with van der Waals surface area (Å²) in [6.45, 7) is 8.31. The number of hydrogen-bond donors (Lipinski definition) is 3. The van der Waals surface area contributed by atoms with Crippen molar-refractivity contribution in [3.8, 4) is 6.01 Å². The SMILES string of the molecule is COc1nc(Nc2cc(CC(F)CN(CCN)C3COC3)c(C)cc2C=N)cc(N2CCN(C)CC2)n1. The van der Waals surface area contributed by atoms with Crippen LogP contribution >= 0.6 is 0 Å². The van der Waals surface area contributed by atoms with Crippen LogP contribution in [0.25, 0.3) is 0 Å². The van der Waals surface area contributed by atoms with E-state index in [-0.39, 0.29) is 18.5 Å². The molecule has 0 radical (unpaired) electrons. The summed E-state index contributed by atoms with van der Waals surface area (Å²) < 4.78 is 25.9. The van der Waals surface area contributed by atoms with Gasteiger partial charge in [0.1, 0.15) is 17.8 Å². The molecule has 1 aromatic carbocycles. The number of benzene rings is 1. The first kappa shape index (κ1) is 27.2. The fourth-order valence-electron chi connectivity index (χ4n) is 4.71. The topological polar surface area (TPSA) is 116 Å². The van der Waals surface area contributed by atoms with Gasteiger partial charge in [-0.2, -0.15) is 9.97 Å². The first-order valence-electron chi connectivity index (χ1n) is 12.8. The van der Waals surface area contributed by atoms with Gasteiger partial charge in [-0.15, -0.1) is 0 Å². The van der Waals surface area contributed by atoms with Crippen molar-refractivity contribution in [1.82, 2.24) is 19.8 Å². The Kier molecular flexibility index (Phi) is 9.25. The van der Waals surface area contributed by atoms with Gasteiger partial charge in [-0.05, 0) is 37.2 Å². The number of rotatable bonds is 12. The summed E-state index contributed by atoms with van der Waals surface area (Å²) in [6.07, 6.45) is 0.519. The molecule has 2 fully saturated rings. The van der Waals surface area contributed by atoms with E-state index in [1.54, 1.807) is 7.11 Å². The number of halogens is 1. The minimum Gasteiger partial charge on any atom is -0.467 e. The van der Waals surface area contributed by atoms with Crippen molar-refractivity contribution >= 4 is 23.5 Å². The number of aromatic nitrogens is 2. The molecule has 0 saturated carbocycles. The number of methoxy groups -OCH3 is 1. The second-order valence-corrected chi connectivity index (χ2v) is 9.80. The third-order valence-electron chi connectivity index (χ3n) is 7.06. The van der Waals surface area contributed by atoms with Gasteiger partial charge in [0, 0.05) is 75.8 Å². The van der Waals surface area contributed by atoms with Crippen molar-refractivity contribution < 1.29 is 13.9 Å². The molecule has 4 rings (SSSR count). The molecule has 10 nitrogen and oxygen atoms in total. The van der Waals surface area contributed by atoms with E-state index in [9.17, 15) is 0 Å². The molecular weight excluding hydrogens is 475 g/mol. The lowest BCUT2D eigenvalue weighted by molar-refractivity contribution is -0.0692. The maximum Gasteiger partial charge on any atom is 0.320 e. The summed E-state index contributed by atoms with van der Waals surface area (Å²) in [5.74, 6) is 1.35. The van der Waals surface area contributed by atoms with Crippen molar-refractivity contribution in [1.29, 1.82) is 5.41 Å². The fourth-order valence-corrected chi connectivity index (χ4v) is 4.71. The van der Waals surface area contributed by atoms with E-state index in [1.165, 1.54) is 6.21 Å². The van der Waals surface area contributed by atoms with Crippen molar-refractivity contribution in [2.45, 2.75) is 25.6 Å². The molecule has 11 heteroatoms. The highest BCUT2D eigenvalue weighted by atomic mass is 19.1. The van der Waals surface area contributed by atoms with Crippen LogP contribution in [0.4, 0.5) is 21.7 Å². The van der Waals surface area contributed by atoms with Gasteiger partial charge in [-0.25, -0.2) is 4.39 Å². The minimum atomic E-state index is -1.05. The van der Waals surface area contributed by atoms with E-state index in [4.69, 9.17) is 20.6 Å². The van der Waals surface area contributed by atoms with Gasteiger partial charge in [-0.1, -0.05) is 0 Å². The fraction of sp³-hybridized carbons (Fsp3) is 0.577. The first-order valence-corrected chi connectivity index (χ1v) is 12.8. The molecule has 3 heterocycles. The number of piperazine rings is 1. The second kappa shape index (κ2) is 12.6. The molecule has 37 heavy (non-hydrogen) atoms. The van der Waals surface area contributed by atoms with Crippen LogP contribution in [0.1, 0.15) is 16.7 Å². The number of ether oxygens (including phenoxy) is 2. The Labute approximate surface area is 218 Å². The van der Waals surface area contributed by atoms with Crippen LogP contribution in [-0.2, 0) is 11.2 Å². The van der Waals surface area contributed by atoms with Crippen LogP contribution in [0, 0.1) is 12.3 Å². The molecule has 1 unspecified atom stereocenters. The zero-order valence-corrected chi connectivity index (χ0v) is 22.0. The van der Waals surface area contributed by atoms with Gasteiger partial charge >= 0.3 is 6.01 Å². The molecule has 0 bridgehead atoms. The molecule has 0 aliphatic carbocycles. The highest BCUT2D eigenvalue weighted by molar-refractivity contribution is 5.88. The lowest BCUT2D eigenvalue weighted by Crippen LogP contribution is -2.52. The molecule has 2 aliphatic rings. The third kappa shape index (κ3) is 6.92. The number of hydrogen-bond acceptors (Lipinski definition) is 10. The normalized spacial score (nSPS) is 17.5. The van der Waals surface area contributed by atoms with Crippen LogP contribution in [0.5, 0.6) is 6.01 Å². The van der Waals surface area contributed by atoms with E-state index in [2.05, 4.69) is 37.0 Å². The Morgan fingerprint density at radius 2 is 2.03 bits per heavy atom. The molecule has 202 valence electrons. The van der Waals surface area contributed by atoms with Gasteiger partial charge in [0.05, 0.1) is 26.4 Å². The van der Waals surface area contributed by atoms with Crippen LogP contribution in [0.2, 0.25) is 0 Å². The average molecular weight is 515 g/mol. The molecule has 1 atom stereocenters. The van der Waals surface area contributed by atoms with Crippen molar-refractivity contribution in [3.63, 3.8) is 0 Å². The molecule has 2 aliphatic heterocycles. The summed E-state index contributed by atoms with van der Waals surface area (Å²) in [5, 5.41) is 11.3. The van der Waals surface area contributed by atoms with Crippen LogP contribution in [0.3, 0.4) is 0 Å². The van der Waals surface area contributed by atoms with E-state index in [0.29, 0.717) is 49.9 Å². The number of likely N-dealkylation sites (N-methyl/N-ethyl adjacent to an activating group) is 1. The largest absolute Gasteiger partial charge is 0.467 e. The number of anilines is 3. The molecule has 2 aromatic rings. The minimum absolute atomic E-state index is 0.239. The highest BCUT2D eigenvalue weighted by Gasteiger charge is 2.28. The molecule has 0 spiro atoms. The summed E-state index contributed by atoms with van der Waals surface area (Å²) in [6, 6.07) is 6.24. The molecule has 4 N–H and O–H groups in total. The Balaban J connectivity index is 1.53. The van der Waals surface area contributed by atoms with Crippen LogP contribution in [-0.4, -0.2) is 111 Å². The van der Waals surface area contributed by atoms with Crippen LogP contribution < -0.4 is 20.7 Å². The van der Waals surface area contributed by atoms with Crippen molar-refractivity contribution in [2.75, 3.05) is 83.4 Å². The molecule has 2 saturated heterocycles. The Hall–Kier alpha value is -2.86. The summed E-state index contributed by atoms with van der Waals surface area (Å²) in [4.78, 5) is 15.6. The smallest absolute Gasteiger partial charge is 0.320 e. The maximum absolute atomic E-state index is 15.3. The second-order valence-electron chi connectivity index (χ2n) is 9.80. The summed E-state index contributed by atoms with van der Waals surface area (Å²) in [5.41, 5.74) is 8.98. The van der Waals surface area contributed by atoms with Gasteiger partial charge in [0.25, 0.3) is 0 Å². The van der Waals surface area contributed by atoms with Gasteiger partial charge in [0.15, 0.2) is 0 Å². The lowest BCUT2D eigenvalue weighted by atomic mass is 9.98. The number of alkyl halides is 1. The van der Waals surface area contributed by atoms with Gasteiger partial charge in [-0.3, -0.25) is 4.90 Å². The Morgan fingerprint density at radius 3 is 2.65 bits per heavy atom. The molecular formula is C26H39FN8O2. The Morgan fingerprint density at radius 1 is 1.27 bits per heavy atom. The lowest BCUT2D eigenvalue weighted by Gasteiger charge is -2.37. The quantitative estimate of drug-likeness (QED) is 0.365. The summed E-state index contributed by atoms with van der Waals surface area (Å²) in [7, 11) is 3.66. The standard InChI is InChI=1S/C26H39FN8O2/c1-18-10-20(14-29)23(12-19(18)11-21(27)15-35(5-4-28)22-16-37-17-22)30-24-13-25(32-26(31-24)36-3)34-8-6-33(2)7-9-34/h10,12-14,21-22,29H,4-9,11,15-17,28H2,1-3H3,(H,30,31,32). The highest BCUT2D eigenvalue weighted by Crippen LogP contribution is 2.28. The van der Waals surface area contributed by atoms with E-state index < -0.39 is 6.17 Å². The maximum atomic E-state index is 15.3. The van der Waals surface area contributed by atoms with E-state index in [1.807, 2.05) is 25.1 Å². The molecule has 0 amide bonds. The van der Waals surface area contributed by atoms with Crippen molar-refractivity contribution in [2.24, 2.45) is 5.73 Å². The van der Waals surface area contributed by atoms with E-state index >= 15 is 4.39 Å². The predicted molar refractivity (Wildman–Crippen MR) is 144 cm³/mol. The monoisotopic (exact) mass is 514 g/mol. The number of nitrogens with one attached hydrogen (secondary N) is 2. The zero-order valence-electron chi connectivity index (χ0n) is 22.0. The predicted octanol–water partition coefficient (Wildman–Crippen LogP) is 1.83. The zero-order chi connectivity index (χ0) is 26.4. The number of aryl methyl sites for hydroxylation is 1. The van der Waals surface area contributed by atoms with E-state index in [0.717, 1.165) is 43.1 Å². The Bertz CT molecular complexity index is 1060. The van der Waals surface area contributed by atoms with Gasteiger partial charge < -0.3 is 35.7 Å². The van der Waals surface area contributed by atoms with Gasteiger partial charge in [0.2, 0.25) is 0 Å². The number of nitrogens with two attached hydrogens (primary N) is 1. The average Bonchev–Trinajstić information content (AvgIpc) is 2.85.